The maximum atomic E-state index is 2.55. The summed E-state index contributed by atoms with van der Waals surface area (Å²) in [6, 6.07) is 31.1. The molecule has 31 heavy (non-hydrogen) atoms. The highest BCUT2D eigenvalue weighted by Crippen LogP contribution is 2.46. The largest absolute Gasteiger partial charge is 0.542 e. The second kappa shape index (κ2) is 7.02. The molecule has 0 fully saturated rings. The van der Waals surface area contributed by atoms with E-state index in [1.807, 2.05) is 0 Å². The molecule has 0 radical (unpaired) electrons. The van der Waals surface area contributed by atoms with Gasteiger partial charge >= 0.3 is 6.98 Å². The number of aryl methyl sites for hydroxylation is 4. The zero-order chi connectivity index (χ0) is 20.9. The number of pyridine rings is 1. The van der Waals surface area contributed by atoms with Crippen LogP contribution in [0.4, 0.5) is 22.9 Å². The van der Waals surface area contributed by atoms with E-state index < -0.39 is 0 Å². The summed E-state index contributed by atoms with van der Waals surface area (Å²) in [4.78, 5) is 5.08. The quantitative estimate of drug-likeness (QED) is 0.340. The van der Waals surface area contributed by atoms with Crippen molar-refractivity contribution in [2.75, 3.05) is 9.62 Å². The highest BCUT2D eigenvalue weighted by atomic mass is 15.4. The Morgan fingerprint density at radius 2 is 1.32 bits per heavy atom. The van der Waals surface area contributed by atoms with Gasteiger partial charge in [0.15, 0.2) is 0 Å². The number of nitrogens with zero attached hydrogens (tertiary/aromatic N) is 3. The van der Waals surface area contributed by atoms with Crippen LogP contribution in [0, 0.1) is 6.92 Å². The first-order valence-electron chi connectivity index (χ1n) is 11.0. The van der Waals surface area contributed by atoms with Crippen LogP contribution in [-0.4, -0.2) is 6.98 Å². The van der Waals surface area contributed by atoms with E-state index in [2.05, 4.69) is 119 Å². The van der Waals surface area contributed by atoms with E-state index in [9.17, 15) is 0 Å². The fraction of sp³-hybridized carbons (Fsp3) is 0.148. The van der Waals surface area contributed by atoms with Gasteiger partial charge in [-0.3, -0.25) is 4.81 Å². The van der Waals surface area contributed by atoms with E-state index in [0.717, 1.165) is 12.8 Å². The van der Waals surface area contributed by atoms with Gasteiger partial charge in [0.25, 0.3) is 5.82 Å². The summed E-state index contributed by atoms with van der Waals surface area (Å²) in [6.45, 7) is 2.28. The molecule has 0 saturated carbocycles. The minimum absolute atomic E-state index is 0.0716. The van der Waals surface area contributed by atoms with Crippen molar-refractivity contribution < 1.29 is 4.57 Å². The molecule has 0 bridgehead atoms. The van der Waals surface area contributed by atoms with Crippen LogP contribution in [0.25, 0.3) is 0 Å². The maximum absolute atomic E-state index is 2.55. The highest BCUT2D eigenvalue weighted by Gasteiger charge is 2.54. The summed E-state index contributed by atoms with van der Waals surface area (Å²) in [5, 5.41) is 0. The molecule has 2 aliphatic heterocycles. The third kappa shape index (κ3) is 2.71. The SMILES string of the molecule is Cc1ccccc1N1B2c3ccccc3CCc3ccccc3N2c2ccc[n+](C)c21. The second-order valence-electron chi connectivity index (χ2n) is 8.56. The molecule has 0 spiro atoms. The van der Waals surface area contributed by atoms with Crippen LogP contribution in [0.3, 0.4) is 0 Å². The molecule has 0 atom stereocenters. The molecule has 4 heteroatoms. The van der Waals surface area contributed by atoms with E-state index in [4.69, 9.17) is 0 Å². The third-order valence-corrected chi connectivity index (χ3v) is 6.73. The molecule has 0 saturated heterocycles. The van der Waals surface area contributed by atoms with Gasteiger partial charge in [-0.05, 0) is 66.2 Å². The summed E-state index contributed by atoms with van der Waals surface area (Å²) in [7, 11) is 2.15. The number of para-hydroxylation sites is 2. The van der Waals surface area contributed by atoms with E-state index in [-0.39, 0.29) is 6.98 Å². The number of aromatic nitrogens is 1. The Morgan fingerprint density at radius 3 is 2.16 bits per heavy atom. The van der Waals surface area contributed by atoms with Crippen LogP contribution >= 0.6 is 0 Å². The molecular weight excluding hydrogens is 377 g/mol. The van der Waals surface area contributed by atoms with E-state index in [1.165, 1.54) is 45.0 Å². The fourth-order valence-electron chi connectivity index (χ4n) is 5.29. The van der Waals surface area contributed by atoms with Gasteiger partial charge in [0.1, 0.15) is 11.4 Å². The number of hydrogen-bond donors (Lipinski definition) is 0. The molecule has 6 rings (SSSR count). The molecule has 150 valence electrons. The van der Waals surface area contributed by atoms with Gasteiger partial charge in [-0.1, -0.05) is 60.7 Å². The lowest BCUT2D eigenvalue weighted by Gasteiger charge is -2.30. The fourth-order valence-corrected chi connectivity index (χ4v) is 5.29. The van der Waals surface area contributed by atoms with Crippen molar-refractivity contribution in [2.24, 2.45) is 7.05 Å². The van der Waals surface area contributed by atoms with Crippen molar-refractivity contribution in [3.05, 3.63) is 108 Å². The van der Waals surface area contributed by atoms with Crippen molar-refractivity contribution >= 4 is 35.3 Å². The first-order valence-corrected chi connectivity index (χ1v) is 11.0. The first kappa shape index (κ1) is 18.3. The first-order chi connectivity index (χ1) is 15.2. The molecule has 3 nitrogen and oxygen atoms in total. The van der Waals surface area contributed by atoms with Crippen LogP contribution in [0.15, 0.2) is 91.1 Å². The van der Waals surface area contributed by atoms with Gasteiger partial charge < -0.3 is 4.81 Å². The molecule has 3 aromatic carbocycles. The zero-order valence-electron chi connectivity index (χ0n) is 18.0. The average Bonchev–Trinajstić information content (AvgIpc) is 3.12. The lowest BCUT2D eigenvalue weighted by atomic mass is 9.61. The minimum Gasteiger partial charge on any atom is -0.333 e. The van der Waals surface area contributed by atoms with Gasteiger partial charge in [-0.25, -0.2) is 4.57 Å². The Hall–Kier alpha value is -3.53. The normalized spacial score (nSPS) is 14.3. The average molecular weight is 402 g/mol. The van der Waals surface area contributed by atoms with Crippen LogP contribution in [0.1, 0.15) is 16.7 Å². The molecular formula is C27H25BN3+. The van der Waals surface area contributed by atoms with Crippen molar-refractivity contribution in [3.63, 3.8) is 0 Å². The lowest BCUT2D eigenvalue weighted by Crippen LogP contribution is -2.56. The van der Waals surface area contributed by atoms with Crippen LogP contribution in [-0.2, 0) is 19.9 Å². The number of fused-ring (bicyclic) bond motifs is 7. The van der Waals surface area contributed by atoms with E-state index in [1.54, 1.807) is 0 Å². The summed E-state index contributed by atoms with van der Waals surface area (Å²) in [5.74, 6) is 1.23. The van der Waals surface area contributed by atoms with Gasteiger partial charge in [0.2, 0.25) is 0 Å². The minimum atomic E-state index is 0.0716. The molecule has 4 aromatic rings. The molecule has 3 heterocycles. The predicted octanol–water partition coefficient (Wildman–Crippen LogP) is 4.60. The summed E-state index contributed by atoms with van der Waals surface area (Å²) in [6.07, 6.45) is 4.26. The topological polar surface area (TPSA) is 10.4 Å². The highest BCUT2D eigenvalue weighted by molar-refractivity contribution is 6.84. The summed E-state index contributed by atoms with van der Waals surface area (Å²) in [5.41, 5.74) is 9.33. The number of benzene rings is 3. The van der Waals surface area contributed by atoms with E-state index in [0.29, 0.717) is 0 Å². The van der Waals surface area contributed by atoms with Crippen LogP contribution in [0.2, 0.25) is 0 Å². The number of hydrogen-bond acceptors (Lipinski definition) is 2. The maximum Gasteiger partial charge on any atom is 0.542 e. The smallest absolute Gasteiger partial charge is 0.333 e. The molecule has 0 N–H and O–H groups in total. The van der Waals surface area contributed by atoms with Crippen molar-refractivity contribution in [1.29, 1.82) is 0 Å². The van der Waals surface area contributed by atoms with Crippen LogP contribution in [0.5, 0.6) is 0 Å². The van der Waals surface area contributed by atoms with Gasteiger partial charge in [-0.15, -0.1) is 0 Å². The van der Waals surface area contributed by atoms with Gasteiger partial charge in [0.05, 0.1) is 13.2 Å². The Morgan fingerprint density at radius 1 is 0.677 bits per heavy atom. The van der Waals surface area contributed by atoms with E-state index >= 15 is 0 Å². The standard InChI is InChI=1S/C27H25BN3/c1-20-10-3-7-14-24(20)31-27-26(16-9-19-29(27)2)30-25-15-8-5-12-22(25)18-17-21-11-4-6-13-23(21)28(30)31/h3-16,19H,17-18H2,1-2H3/q+1. The van der Waals surface area contributed by atoms with Crippen molar-refractivity contribution in [3.8, 4) is 0 Å². The van der Waals surface area contributed by atoms with Crippen molar-refractivity contribution in [1.82, 2.24) is 0 Å². The Bertz CT molecular complexity index is 1300. The number of rotatable bonds is 1. The summed E-state index contributed by atoms with van der Waals surface area (Å²) < 4.78 is 2.26. The lowest BCUT2D eigenvalue weighted by molar-refractivity contribution is -0.657. The molecule has 0 unspecified atom stereocenters. The monoisotopic (exact) mass is 402 g/mol. The molecule has 2 aliphatic rings. The predicted molar refractivity (Wildman–Crippen MR) is 129 cm³/mol. The van der Waals surface area contributed by atoms with Crippen LogP contribution < -0.4 is 19.7 Å². The molecule has 1 aromatic heterocycles. The van der Waals surface area contributed by atoms with Gasteiger partial charge in [0, 0.05) is 5.69 Å². The Kier molecular flexibility index (Phi) is 4.13. The second-order valence-corrected chi connectivity index (χ2v) is 8.56. The van der Waals surface area contributed by atoms with Crippen molar-refractivity contribution in [2.45, 2.75) is 19.8 Å². The third-order valence-electron chi connectivity index (χ3n) is 6.73. The Balaban J connectivity index is 1.71. The van der Waals surface area contributed by atoms with Gasteiger partial charge in [-0.2, -0.15) is 0 Å². The Labute approximate surface area is 184 Å². The zero-order valence-corrected chi connectivity index (χ0v) is 18.0. The summed E-state index contributed by atoms with van der Waals surface area (Å²) >= 11 is 0. The number of anilines is 4. The molecule has 0 amide bonds. The molecule has 0 aliphatic carbocycles.